The Balaban J connectivity index is 2.09. The molecule has 0 fully saturated rings. The lowest BCUT2D eigenvalue weighted by Gasteiger charge is -2.01. The third kappa shape index (κ3) is 2.91. The highest BCUT2D eigenvalue weighted by Crippen LogP contribution is 2.11. The Bertz CT molecular complexity index is 491. The van der Waals surface area contributed by atoms with Gasteiger partial charge in [0.25, 0.3) is 0 Å². The van der Waals surface area contributed by atoms with E-state index in [4.69, 9.17) is 4.74 Å². The summed E-state index contributed by atoms with van der Waals surface area (Å²) < 4.78 is 6.90. The molecular weight excluding hydrogens is 214 g/mol. The minimum Gasteiger partial charge on any atom is -0.497 e. The molecule has 3 heteroatoms. The van der Waals surface area contributed by atoms with E-state index in [2.05, 4.69) is 0 Å². The summed E-state index contributed by atoms with van der Waals surface area (Å²) in [6, 6.07) is 12.9. The first-order chi connectivity index (χ1) is 8.29. The zero-order valence-corrected chi connectivity index (χ0v) is 9.67. The quantitative estimate of drug-likeness (QED) is 0.590. The van der Waals surface area contributed by atoms with Crippen LogP contribution < -0.4 is 9.30 Å². The van der Waals surface area contributed by atoms with Crippen LogP contribution in [-0.2, 0) is 6.54 Å². The molecule has 1 aromatic carbocycles. The van der Waals surface area contributed by atoms with Crippen LogP contribution in [-0.4, -0.2) is 12.9 Å². The van der Waals surface area contributed by atoms with Crippen LogP contribution in [0, 0.1) is 0 Å². The topological polar surface area (TPSA) is 30.2 Å². The summed E-state index contributed by atoms with van der Waals surface area (Å²) in [6.07, 6.45) is 3.75. The van der Waals surface area contributed by atoms with Gasteiger partial charge in [-0.25, -0.2) is 0 Å². The Morgan fingerprint density at radius 1 is 1.12 bits per heavy atom. The first-order valence-electron chi connectivity index (χ1n) is 5.41. The fourth-order valence-corrected chi connectivity index (χ4v) is 1.57. The van der Waals surface area contributed by atoms with Crippen molar-refractivity contribution in [3.63, 3.8) is 0 Å². The van der Waals surface area contributed by atoms with Crippen molar-refractivity contribution in [1.29, 1.82) is 0 Å². The number of methoxy groups -OCH3 is 1. The van der Waals surface area contributed by atoms with Crippen molar-refractivity contribution in [2.24, 2.45) is 0 Å². The van der Waals surface area contributed by atoms with Crippen LogP contribution in [0.1, 0.15) is 10.4 Å². The number of nitrogens with zero attached hydrogens (tertiary/aromatic N) is 1. The molecule has 2 rings (SSSR count). The molecule has 0 aliphatic heterocycles. The molecule has 17 heavy (non-hydrogen) atoms. The highest BCUT2D eigenvalue weighted by atomic mass is 16.5. The molecule has 0 bridgehead atoms. The van der Waals surface area contributed by atoms with Crippen LogP contribution in [0.3, 0.4) is 0 Å². The molecule has 0 aliphatic rings. The minimum atomic E-state index is 0.0869. The van der Waals surface area contributed by atoms with Crippen molar-refractivity contribution in [3.05, 3.63) is 60.4 Å². The van der Waals surface area contributed by atoms with Gasteiger partial charge in [0, 0.05) is 17.7 Å². The van der Waals surface area contributed by atoms with Crippen molar-refractivity contribution in [2.75, 3.05) is 7.11 Å². The fourth-order valence-electron chi connectivity index (χ4n) is 1.57. The van der Waals surface area contributed by atoms with E-state index in [-0.39, 0.29) is 5.78 Å². The van der Waals surface area contributed by atoms with Gasteiger partial charge in [0.05, 0.1) is 7.11 Å². The van der Waals surface area contributed by atoms with Crippen molar-refractivity contribution in [2.45, 2.75) is 6.54 Å². The Labute approximate surface area is 100 Å². The number of hydrogen-bond acceptors (Lipinski definition) is 2. The van der Waals surface area contributed by atoms with Gasteiger partial charge in [-0.15, -0.1) is 0 Å². The predicted octanol–water partition coefficient (Wildman–Crippen LogP) is 1.87. The smallest absolute Gasteiger partial charge is 0.227 e. The maximum Gasteiger partial charge on any atom is 0.227 e. The maximum atomic E-state index is 12.0. The second-order valence-corrected chi connectivity index (χ2v) is 3.70. The molecule has 0 aliphatic carbocycles. The van der Waals surface area contributed by atoms with E-state index in [0.717, 1.165) is 5.75 Å². The number of carbonyl (C=O) groups is 1. The molecule has 0 saturated heterocycles. The Morgan fingerprint density at radius 2 is 1.76 bits per heavy atom. The summed E-state index contributed by atoms with van der Waals surface area (Å²) in [4.78, 5) is 12.0. The van der Waals surface area contributed by atoms with E-state index < -0.39 is 0 Å². The largest absolute Gasteiger partial charge is 0.497 e. The van der Waals surface area contributed by atoms with Gasteiger partial charge >= 0.3 is 0 Å². The number of hydrogen-bond donors (Lipinski definition) is 0. The fraction of sp³-hybridized carbons (Fsp3) is 0.143. The van der Waals surface area contributed by atoms with Crippen LogP contribution in [0.2, 0.25) is 0 Å². The van der Waals surface area contributed by atoms with Crippen molar-refractivity contribution in [3.8, 4) is 5.75 Å². The van der Waals surface area contributed by atoms with Gasteiger partial charge in [0.1, 0.15) is 5.75 Å². The molecule has 86 valence electrons. The molecule has 0 N–H and O–H groups in total. The molecule has 1 heterocycles. The Kier molecular flexibility index (Phi) is 3.50. The number of aromatic nitrogens is 1. The molecular formula is C14H14NO2+. The molecule has 0 spiro atoms. The van der Waals surface area contributed by atoms with E-state index in [1.807, 2.05) is 35.2 Å². The van der Waals surface area contributed by atoms with Gasteiger partial charge < -0.3 is 4.74 Å². The predicted molar refractivity (Wildman–Crippen MR) is 64.0 cm³/mol. The normalized spacial score (nSPS) is 9.94. The highest BCUT2D eigenvalue weighted by molar-refractivity contribution is 5.95. The lowest BCUT2D eigenvalue weighted by molar-refractivity contribution is -0.683. The van der Waals surface area contributed by atoms with Gasteiger partial charge in [-0.05, 0) is 24.3 Å². The number of Topliss-reactive ketones (excluding diaryl/α,β-unsaturated/α-hetero) is 1. The molecule has 0 atom stereocenters. The Morgan fingerprint density at radius 3 is 2.35 bits per heavy atom. The molecule has 0 radical (unpaired) electrons. The van der Waals surface area contributed by atoms with E-state index in [1.54, 1.807) is 31.4 Å². The zero-order chi connectivity index (χ0) is 12.1. The highest BCUT2D eigenvalue weighted by Gasteiger charge is 2.11. The SMILES string of the molecule is COc1ccc(C(=O)C[n+]2ccccc2)cc1. The summed E-state index contributed by atoms with van der Waals surface area (Å²) in [5.41, 5.74) is 0.696. The van der Waals surface area contributed by atoms with Crippen LogP contribution in [0.5, 0.6) is 5.75 Å². The summed E-state index contributed by atoms with van der Waals surface area (Å²) in [6.45, 7) is 0.354. The van der Waals surface area contributed by atoms with Crippen molar-refractivity contribution < 1.29 is 14.1 Å². The lowest BCUT2D eigenvalue weighted by atomic mass is 10.1. The molecule has 1 aromatic heterocycles. The average Bonchev–Trinajstić information content (AvgIpc) is 2.40. The summed E-state index contributed by atoms with van der Waals surface area (Å²) in [7, 11) is 1.61. The van der Waals surface area contributed by atoms with Crippen LogP contribution in [0.25, 0.3) is 0 Å². The first kappa shape index (κ1) is 11.3. The van der Waals surface area contributed by atoms with Gasteiger partial charge in [0.15, 0.2) is 12.4 Å². The minimum absolute atomic E-state index is 0.0869. The summed E-state index contributed by atoms with van der Waals surface area (Å²) >= 11 is 0. The third-order valence-corrected chi connectivity index (χ3v) is 2.52. The number of ether oxygens (including phenoxy) is 1. The number of ketones is 1. The lowest BCUT2D eigenvalue weighted by Crippen LogP contribution is -2.36. The first-order valence-corrected chi connectivity index (χ1v) is 5.41. The number of pyridine rings is 1. The molecule has 3 nitrogen and oxygen atoms in total. The van der Waals surface area contributed by atoms with Gasteiger partial charge in [0.2, 0.25) is 12.3 Å². The van der Waals surface area contributed by atoms with Gasteiger partial charge in [-0.1, -0.05) is 6.07 Å². The summed E-state index contributed by atoms with van der Waals surface area (Å²) in [5, 5.41) is 0. The Hall–Kier alpha value is -2.16. The molecule has 0 saturated carbocycles. The van der Waals surface area contributed by atoms with E-state index >= 15 is 0 Å². The molecule has 2 aromatic rings. The van der Waals surface area contributed by atoms with Crippen LogP contribution >= 0.6 is 0 Å². The van der Waals surface area contributed by atoms with E-state index in [1.165, 1.54) is 0 Å². The standard InChI is InChI=1S/C14H14NO2/c1-17-13-7-5-12(6-8-13)14(16)11-15-9-3-2-4-10-15/h2-10H,11H2,1H3/q+1. The number of rotatable bonds is 4. The molecule has 0 amide bonds. The van der Waals surface area contributed by atoms with Gasteiger partial charge in [-0.3, -0.25) is 4.79 Å². The van der Waals surface area contributed by atoms with Gasteiger partial charge in [-0.2, -0.15) is 4.57 Å². The maximum absolute atomic E-state index is 12.0. The average molecular weight is 228 g/mol. The molecule has 0 unspecified atom stereocenters. The summed E-state index contributed by atoms with van der Waals surface area (Å²) in [5.74, 6) is 0.845. The monoisotopic (exact) mass is 228 g/mol. The zero-order valence-electron chi connectivity index (χ0n) is 9.67. The van der Waals surface area contributed by atoms with Crippen molar-refractivity contribution >= 4 is 5.78 Å². The van der Waals surface area contributed by atoms with Crippen LogP contribution in [0.4, 0.5) is 0 Å². The second-order valence-electron chi connectivity index (χ2n) is 3.70. The number of carbonyl (C=O) groups excluding carboxylic acids is 1. The van der Waals surface area contributed by atoms with Crippen LogP contribution in [0.15, 0.2) is 54.9 Å². The second kappa shape index (κ2) is 5.25. The van der Waals surface area contributed by atoms with E-state index in [9.17, 15) is 4.79 Å². The van der Waals surface area contributed by atoms with Crippen molar-refractivity contribution in [1.82, 2.24) is 0 Å². The number of benzene rings is 1. The van der Waals surface area contributed by atoms with E-state index in [0.29, 0.717) is 12.1 Å². The third-order valence-electron chi connectivity index (χ3n) is 2.52.